The van der Waals surface area contributed by atoms with E-state index in [0.717, 1.165) is 61.1 Å². The van der Waals surface area contributed by atoms with Gasteiger partial charge in [0.15, 0.2) is 5.82 Å². The van der Waals surface area contributed by atoms with Gasteiger partial charge in [0.25, 0.3) is 0 Å². The van der Waals surface area contributed by atoms with Gasteiger partial charge in [-0.2, -0.15) is 0 Å². The minimum absolute atomic E-state index is 0.0353. The fraction of sp³-hybridized carbons (Fsp3) is 0.517. The normalized spacial score (nSPS) is 19.6. The zero-order valence-electron chi connectivity index (χ0n) is 22.4. The van der Waals surface area contributed by atoms with Crippen molar-refractivity contribution in [3.63, 3.8) is 0 Å². The molecule has 3 atom stereocenters. The number of aromatic nitrogens is 1. The predicted molar refractivity (Wildman–Crippen MR) is 148 cm³/mol. The van der Waals surface area contributed by atoms with Crippen molar-refractivity contribution in [1.29, 1.82) is 0 Å². The summed E-state index contributed by atoms with van der Waals surface area (Å²) in [5.74, 6) is -1.00. The lowest BCUT2D eigenvalue weighted by Crippen LogP contribution is -2.27. The number of carbonyl (C=O) groups excluding carboxylic acids is 2. The maximum absolute atomic E-state index is 12.8. The number of ether oxygens (including phenoxy) is 2. The van der Waals surface area contributed by atoms with E-state index in [1.807, 2.05) is 0 Å². The standard InChI is InChI=1S/C29H38N2O6S/c1-4-7-20-11-12-22(15-19(20)3)27-28(30-18-38-27)31-29(35)36-17-23-16-24(10-6-9-21(23)8-5-2)37-26(34)14-13-25(32)33/h11-15,18,21,23-24H,4-10,16-17H2,1-3H3,(H,31,35)(H,32,33)/b14-13+. The molecule has 1 fully saturated rings. The Morgan fingerprint density at radius 2 is 1.97 bits per heavy atom. The lowest BCUT2D eigenvalue weighted by atomic mass is 9.85. The van der Waals surface area contributed by atoms with Crippen LogP contribution in [0.2, 0.25) is 0 Å². The molecule has 38 heavy (non-hydrogen) atoms. The number of rotatable bonds is 11. The highest BCUT2D eigenvalue weighted by atomic mass is 32.1. The number of hydrogen-bond acceptors (Lipinski definition) is 7. The second-order valence-corrected chi connectivity index (χ2v) is 10.7. The first-order valence-corrected chi connectivity index (χ1v) is 14.3. The average Bonchev–Trinajstić information content (AvgIpc) is 3.25. The van der Waals surface area contributed by atoms with Gasteiger partial charge in [-0.05, 0) is 67.6 Å². The molecule has 0 saturated heterocycles. The van der Waals surface area contributed by atoms with Crippen molar-refractivity contribution in [2.24, 2.45) is 11.8 Å². The van der Waals surface area contributed by atoms with Crippen LogP contribution in [0.15, 0.2) is 35.9 Å². The molecule has 8 nitrogen and oxygen atoms in total. The third-order valence-electron chi connectivity index (χ3n) is 6.98. The van der Waals surface area contributed by atoms with Crippen molar-refractivity contribution in [3.05, 3.63) is 47.0 Å². The maximum atomic E-state index is 12.8. The van der Waals surface area contributed by atoms with Gasteiger partial charge in [-0.25, -0.2) is 19.4 Å². The molecular weight excluding hydrogens is 504 g/mol. The van der Waals surface area contributed by atoms with E-state index in [2.05, 4.69) is 49.3 Å². The Labute approximate surface area is 228 Å². The number of aryl methyl sites for hydroxylation is 2. The Morgan fingerprint density at radius 3 is 2.68 bits per heavy atom. The van der Waals surface area contributed by atoms with Crippen molar-refractivity contribution >= 4 is 35.2 Å². The first kappa shape index (κ1) is 29.4. The number of benzene rings is 1. The van der Waals surface area contributed by atoms with Gasteiger partial charge in [0.05, 0.1) is 17.0 Å². The van der Waals surface area contributed by atoms with Gasteiger partial charge < -0.3 is 14.6 Å². The fourth-order valence-electron chi connectivity index (χ4n) is 5.14. The number of amides is 1. The second-order valence-electron chi connectivity index (χ2n) is 9.85. The molecule has 206 valence electrons. The van der Waals surface area contributed by atoms with Gasteiger partial charge in [-0.1, -0.05) is 51.3 Å². The number of anilines is 1. The van der Waals surface area contributed by atoms with Crippen LogP contribution >= 0.6 is 11.3 Å². The molecule has 1 saturated carbocycles. The largest absolute Gasteiger partial charge is 0.478 e. The summed E-state index contributed by atoms with van der Waals surface area (Å²) in [6.07, 6.45) is 8.06. The van der Waals surface area contributed by atoms with Gasteiger partial charge in [0, 0.05) is 12.2 Å². The summed E-state index contributed by atoms with van der Waals surface area (Å²) in [5.41, 5.74) is 5.26. The van der Waals surface area contributed by atoms with Crippen molar-refractivity contribution in [2.75, 3.05) is 11.9 Å². The molecule has 1 aromatic heterocycles. The average molecular weight is 543 g/mol. The highest BCUT2D eigenvalue weighted by Crippen LogP contribution is 2.35. The first-order valence-electron chi connectivity index (χ1n) is 13.4. The van der Waals surface area contributed by atoms with Crippen LogP contribution in [-0.2, 0) is 25.5 Å². The van der Waals surface area contributed by atoms with Crippen molar-refractivity contribution in [1.82, 2.24) is 4.98 Å². The summed E-state index contributed by atoms with van der Waals surface area (Å²) in [5, 5.41) is 11.5. The molecule has 1 aromatic carbocycles. The van der Waals surface area contributed by atoms with Crippen LogP contribution in [0.1, 0.15) is 69.9 Å². The zero-order chi connectivity index (χ0) is 27.5. The predicted octanol–water partition coefficient (Wildman–Crippen LogP) is 6.78. The molecule has 1 aliphatic rings. The number of nitrogens with zero attached hydrogens (tertiary/aromatic N) is 1. The summed E-state index contributed by atoms with van der Waals surface area (Å²) >= 11 is 1.47. The Kier molecular flexibility index (Phi) is 11.3. The highest BCUT2D eigenvalue weighted by Gasteiger charge is 2.30. The fourth-order valence-corrected chi connectivity index (χ4v) is 5.88. The number of carboxylic acid groups (broad SMARTS) is 1. The topological polar surface area (TPSA) is 115 Å². The van der Waals surface area contributed by atoms with Gasteiger partial charge in [0.1, 0.15) is 6.10 Å². The number of aliphatic carboxylic acids is 1. The molecule has 3 unspecified atom stereocenters. The summed E-state index contributed by atoms with van der Waals surface area (Å²) in [4.78, 5) is 40.7. The Hall–Kier alpha value is -3.20. The molecule has 9 heteroatoms. The number of nitrogens with one attached hydrogen (secondary N) is 1. The van der Waals surface area contributed by atoms with E-state index >= 15 is 0 Å². The van der Waals surface area contributed by atoms with Crippen LogP contribution in [-0.4, -0.2) is 40.8 Å². The van der Waals surface area contributed by atoms with Crippen molar-refractivity contribution in [3.8, 4) is 10.4 Å². The number of thiazole rings is 1. The van der Waals surface area contributed by atoms with Crippen LogP contribution < -0.4 is 5.32 Å². The molecule has 1 heterocycles. The van der Waals surface area contributed by atoms with Crippen LogP contribution in [0.3, 0.4) is 0 Å². The van der Waals surface area contributed by atoms with Crippen LogP contribution in [0, 0.1) is 18.8 Å². The molecule has 1 amide bonds. The van der Waals surface area contributed by atoms with E-state index in [1.165, 1.54) is 22.5 Å². The van der Waals surface area contributed by atoms with Crippen molar-refractivity contribution in [2.45, 2.75) is 78.2 Å². The van der Waals surface area contributed by atoms with E-state index in [1.54, 1.807) is 5.51 Å². The molecule has 3 rings (SSSR count). The third-order valence-corrected chi connectivity index (χ3v) is 7.85. The van der Waals surface area contributed by atoms with E-state index in [4.69, 9.17) is 14.6 Å². The Bertz CT molecular complexity index is 1130. The van der Waals surface area contributed by atoms with Crippen LogP contribution in [0.25, 0.3) is 10.4 Å². The molecule has 1 aliphatic carbocycles. The smallest absolute Gasteiger partial charge is 0.412 e. The summed E-state index contributed by atoms with van der Waals surface area (Å²) in [6.45, 7) is 6.60. The second kappa shape index (κ2) is 14.7. The summed E-state index contributed by atoms with van der Waals surface area (Å²) < 4.78 is 11.2. The van der Waals surface area contributed by atoms with E-state index < -0.39 is 18.0 Å². The van der Waals surface area contributed by atoms with E-state index in [-0.39, 0.29) is 18.6 Å². The monoisotopic (exact) mass is 542 g/mol. The minimum Gasteiger partial charge on any atom is -0.478 e. The molecule has 2 N–H and O–H groups in total. The van der Waals surface area contributed by atoms with Crippen LogP contribution in [0.5, 0.6) is 0 Å². The Morgan fingerprint density at radius 1 is 1.16 bits per heavy atom. The summed E-state index contributed by atoms with van der Waals surface area (Å²) in [7, 11) is 0. The SMILES string of the molecule is CCCc1ccc(-c2scnc2NC(=O)OCC2CC(OC(=O)/C=C/C(=O)O)CCCC2CCC)cc1C. The number of carboxylic acids is 1. The van der Waals surface area contributed by atoms with Crippen LogP contribution in [0.4, 0.5) is 10.6 Å². The quantitative estimate of drug-likeness (QED) is 0.183. The third kappa shape index (κ3) is 8.68. The van der Waals surface area contributed by atoms with Gasteiger partial charge in [0.2, 0.25) is 0 Å². The zero-order valence-corrected chi connectivity index (χ0v) is 23.2. The van der Waals surface area contributed by atoms with Gasteiger partial charge in [-0.15, -0.1) is 11.3 Å². The lowest BCUT2D eigenvalue weighted by molar-refractivity contribution is -0.144. The minimum atomic E-state index is -1.20. The Balaban J connectivity index is 1.62. The van der Waals surface area contributed by atoms with E-state index in [0.29, 0.717) is 24.6 Å². The highest BCUT2D eigenvalue weighted by molar-refractivity contribution is 7.13. The lowest BCUT2D eigenvalue weighted by Gasteiger charge is -2.26. The molecule has 0 spiro atoms. The number of carbonyl (C=O) groups is 3. The van der Waals surface area contributed by atoms with Gasteiger partial charge in [-0.3, -0.25) is 5.32 Å². The maximum Gasteiger partial charge on any atom is 0.412 e. The molecule has 0 radical (unpaired) electrons. The van der Waals surface area contributed by atoms with E-state index in [9.17, 15) is 14.4 Å². The molecule has 0 bridgehead atoms. The van der Waals surface area contributed by atoms with Gasteiger partial charge >= 0.3 is 18.0 Å². The number of esters is 1. The number of hydrogen-bond donors (Lipinski definition) is 2. The first-order chi connectivity index (χ1) is 18.3. The summed E-state index contributed by atoms with van der Waals surface area (Å²) in [6, 6.07) is 6.33. The molecule has 2 aromatic rings. The molecular formula is C29H38N2O6S. The molecule has 0 aliphatic heterocycles. The van der Waals surface area contributed by atoms with Crippen molar-refractivity contribution < 1.29 is 29.0 Å².